The second kappa shape index (κ2) is 7.50. The highest BCUT2D eigenvalue weighted by Gasteiger charge is 2.33. The van der Waals surface area contributed by atoms with Gasteiger partial charge < -0.3 is 10.2 Å². The number of hydrogen-bond donors (Lipinski definition) is 1. The van der Waals surface area contributed by atoms with Crippen LogP contribution in [-0.4, -0.2) is 23.9 Å². The first-order valence-electron chi connectivity index (χ1n) is 6.67. The molecule has 0 atom stereocenters. The van der Waals surface area contributed by atoms with Crippen LogP contribution in [-0.2, 0) is 11.0 Å². The van der Waals surface area contributed by atoms with E-state index >= 15 is 0 Å². The molecular weight excluding hydrogens is 295 g/mol. The number of carbonyl (C=O) groups is 1. The molecule has 0 aliphatic heterocycles. The smallest absolute Gasteiger partial charge is 0.377 e. The third-order valence-electron chi connectivity index (χ3n) is 2.97. The monoisotopic (exact) mass is 311 g/mol. The SMILES string of the molecule is CCN(/C=C(/C#N)C(=O)Nc1ccccc1C(F)(F)F)CC. The number of nitriles is 1. The predicted octanol–water partition coefficient (Wildman–Crippen LogP) is 3.39. The number of rotatable bonds is 5. The molecule has 1 rings (SSSR count). The lowest BCUT2D eigenvalue weighted by Crippen LogP contribution is -2.22. The number of alkyl halides is 3. The molecule has 4 nitrogen and oxygen atoms in total. The van der Waals surface area contributed by atoms with Crippen LogP contribution in [0.15, 0.2) is 36.0 Å². The number of nitrogens with one attached hydrogen (secondary N) is 1. The molecule has 0 saturated carbocycles. The maximum atomic E-state index is 12.9. The molecule has 0 bridgehead atoms. The number of amides is 1. The van der Waals surface area contributed by atoms with Gasteiger partial charge in [0.15, 0.2) is 0 Å². The average Bonchev–Trinajstić information content (AvgIpc) is 2.48. The molecule has 0 spiro atoms. The van der Waals surface area contributed by atoms with Gasteiger partial charge in [-0.2, -0.15) is 18.4 Å². The first kappa shape index (κ1) is 17.6. The first-order chi connectivity index (χ1) is 10.3. The summed E-state index contributed by atoms with van der Waals surface area (Å²) in [5.74, 6) is -0.869. The Morgan fingerprint density at radius 3 is 2.41 bits per heavy atom. The fourth-order valence-electron chi connectivity index (χ4n) is 1.76. The minimum absolute atomic E-state index is 0.249. The minimum Gasteiger partial charge on any atom is -0.377 e. The van der Waals surface area contributed by atoms with Crippen LogP contribution < -0.4 is 5.32 Å². The van der Waals surface area contributed by atoms with Crippen molar-refractivity contribution >= 4 is 11.6 Å². The Bertz CT molecular complexity index is 599. The molecule has 7 heteroatoms. The average molecular weight is 311 g/mol. The highest BCUT2D eigenvalue weighted by molar-refractivity contribution is 6.06. The Kier molecular flexibility index (Phi) is 5.99. The maximum absolute atomic E-state index is 12.9. The summed E-state index contributed by atoms with van der Waals surface area (Å²) in [6.45, 7) is 4.83. The Hall–Kier alpha value is -2.49. The van der Waals surface area contributed by atoms with Crippen LogP contribution >= 0.6 is 0 Å². The highest BCUT2D eigenvalue weighted by atomic mass is 19.4. The summed E-state index contributed by atoms with van der Waals surface area (Å²) in [6, 6.07) is 6.33. The van der Waals surface area contributed by atoms with Gasteiger partial charge in [-0.1, -0.05) is 12.1 Å². The molecule has 1 aromatic carbocycles. The van der Waals surface area contributed by atoms with E-state index in [1.165, 1.54) is 18.3 Å². The van der Waals surface area contributed by atoms with Crippen LogP contribution in [0.4, 0.5) is 18.9 Å². The molecule has 0 unspecified atom stereocenters. The number of para-hydroxylation sites is 1. The van der Waals surface area contributed by atoms with Gasteiger partial charge >= 0.3 is 6.18 Å². The third-order valence-corrected chi connectivity index (χ3v) is 2.97. The normalized spacial score (nSPS) is 11.7. The standard InChI is InChI=1S/C15H16F3N3O/c1-3-21(4-2)10-11(9-19)14(22)20-13-8-6-5-7-12(13)15(16,17)18/h5-8,10H,3-4H2,1-2H3,(H,20,22)/b11-10-. The fraction of sp³-hybridized carbons (Fsp3) is 0.333. The molecule has 0 aliphatic rings. The second-order valence-electron chi connectivity index (χ2n) is 4.37. The van der Waals surface area contributed by atoms with E-state index in [0.29, 0.717) is 13.1 Å². The Morgan fingerprint density at radius 1 is 1.32 bits per heavy atom. The number of halogens is 3. The summed E-state index contributed by atoms with van der Waals surface area (Å²) >= 11 is 0. The van der Waals surface area contributed by atoms with Gasteiger partial charge in [0.2, 0.25) is 0 Å². The van der Waals surface area contributed by atoms with E-state index in [1.54, 1.807) is 11.0 Å². The lowest BCUT2D eigenvalue weighted by molar-refractivity contribution is -0.137. The van der Waals surface area contributed by atoms with E-state index in [1.807, 2.05) is 13.8 Å². The Balaban J connectivity index is 3.05. The van der Waals surface area contributed by atoms with Crippen molar-refractivity contribution in [1.29, 1.82) is 5.26 Å². The maximum Gasteiger partial charge on any atom is 0.418 e. The third kappa shape index (κ3) is 4.52. The number of benzene rings is 1. The van der Waals surface area contributed by atoms with E-state index in [-0.39, 0.29) is 11.3 Å². The van der Waals surface area contributed by atoms with Gasteiger partial charge in [0, 0.05) is 19.3 Å². The van der Waals surface area contributed by atoms with Crippen LogP contribution in [0.3, 0.4) is 0 Å². The second-order valence-corrected chi connectivity index (χ2v) is 4.37. The van der Waals surface area contributed by atoms with Gasteiger partial charge in [0.05, 0.1) is 11.3 Å². The Morgan fingerprint density at radius 2 is 1.91 bits per heavy atom. The molecule has 1 N–H and O–H groups in total. The van der Waals surface area contributed by atoms with Gasteiger partial charge in [-0.3, -0.25) is 4.79 Å². The molecule has 0 saturated heterocycles. The molecule has 1 amide bonds. The van der Waals surface area contributed by atoms with Crippen molar-refractivity contribution in [2.75, 3.05) is 18.4 Å². The zero-order valence-corrected chi connectivity index (χ0v) is 12.2. The van der Waals surface area contributed by atoms with Crippen LogP contribution in [0.5, 0.6) is 0 Å². The number of anilines is 1. The first-order valence-corrected chi connectivity index (χ1v) is 6.67. The summed E-state index contributed by atoms with van der Waals surface area (Å²) in [7, 11) is 0. The van der Waals surface area contributed by atoms with Crippen LogP contribution in [0.25, 0.3) is 0 Å². The van der Waals surface area contributed by atoms with Gasteiger partial charge in [-0.25, -0.2) is 0 Å². The van der Waals surface area contributed by atoms with Gasteiger partial charge in [-0.05, 0) is 26.0 Å². The summed E-state index contributed by atoms with van der Waals surface area (Å²) in [6.07, 6.45) is -3.25. The van der Waals surface area contributed by atoms with E-state index in [4.69, 9.17) is 5.26 Å². The molecule has 0 aromatic heterocycles. The van der Waals surface area contributed by atoms with Gasteiger partial charge in [-0.15, -0.1) is 0 Å². The van der Waals surface area contributed by atoms with E-state index in [9.17, 15) is 18.0 Å². The highest BCUT2D eigenvalue weighted by Crippen LogP contribution is 2.34. The van der Waals surface area contributed by atoms with Crippen LogP contribution in [0.1, 0.15) is 19.4 Å². The van der Waals surface area contributed by atoms with E-state index in [2.05, 4.69) is 5.32 Å². The molecule has 118 valence electrons. The summed E-state index contributed by atoms with van der Waals surface area (Å²) in [5.41, 5.74) is -1.58. The Labute approximate surface area is 126 Å². The van der Waals surface area contributed by atoms with E-state index < -0.39 is 17.6 Å². The number of nitrogens with zero attached hydrogens (tertiary/aromatic N) is 2. The number of carbonyl (C=O) groups excluding carboxylic acids is 1. The van der Waals surface area contributed by atoms with Gasteiger partial charge in [0.1, 0.15) is 11.6 Å². The predicted molar refractivity (Wildman–Crippen MR) is 76.7 cm³/mol. The molecular formula is C15H16F3N3O. The van der Waals surface area contributed by atoms with Crippen LogP contribution in [0, 0.1) is 11.3 Å². The fourth-order valence-corrected chi connectivity index (χ4v) is 1.76. The molecule has 0 heterocycles. The molecule has 0 radical (unpaired) electrons. The zero-order chi connectivity index (χ0) is 16.8. The zero-order valence-electron chi connectivity index (χ0n) is 12.2. The number of hydrogen-bond acceptors (Lipinski definition) is 3. The van der Waals surface area contributed by atoms with Crippen molar-refractivity contribution < 1.29 is 18.0 Å². The minimum atomic E-state index is -4.58. The summed E-state index contributed by atoms with van der Waals surface area (Å²) in [5, 5.41) is 11.2. The van der Waals surface area contributed by atoms with Crippen molar-refractivity contribution in [3.05, 3.63) is 41.6 Å². The molecule has 0 aliphatic carbocycles. The summed E-state index contributed by atoms with van der Waals surface area (Å²) in [4.78, 5) is 13.7. The van der Waals surface area contributed by atoms with Crippen molar-refractivity contribution in [3.63, 3.8) is 0 Å². The lowest BCUT2D eigenvalue weighted by atomic mass is 10.1. The summed E-state index contributed by atoms with van der Waals surface area (Å²) < 4.78 is 38.6. The topological polar surface area (TPSA) is 56.1 Å². The van der Waals surface area contributed by atoms with Crippen LogP contribution in [0.2, 0.25) is 0 Å². The van der Waals surface area contributed by atoms with Crippen molar-refractivity contribution in [2.45, 2.75) is 20.0 Å². The van der Waals surface area contributed by atoms with Gasteiger partial charge in [0.25, 0.3) is 5.91 Å². The van der Waals surface area contributed by atoms with Crippen molar-refractivity contribution in [3.8, 4) is 6.07 Å². The lowest BCUT2D eigenvalue weighted by Gasteiger charge is -2.16. The largest absolute Gasteiger partial charge is 0.418 e. The van der Waals surface area contributed by atoms with E-state index in [0.717, 1.165) is 12.1 Å². The molecule has 1 aromatic rings. The van der Waals surface area contributed by atoms with Crippen molar-refractivity contribution in [2.24, 2.45) is 0 Å². The molecule has 0 fully saturated rings. The van der Waals surface area contributed by atoms with Crippen molar-refractivity contribution in [1.82, 2.24) is 4.90 Å². The molecule has 22 heavy (non-hydrogen) atoms. The quantitative estimate of drug-likeness (QED) is 0.670.